The molecule has 1 heterocycles. The monoisotopic (exact) mass is 306 g/mol. The fourth-order valence-electron chi connectivity index (χ4n) is 2.28. The Morgan fingerprint density at radius 1 is 1.36 bits per heavy atom. The highest BCUT2D eigenvalue weighted by Crippen LogP contribution is 2.24. The number of carbonyl (C=O) groups is 3. The summed E-state index contributed by atoms with van der Waals surface area (Å²) in [6.45, 7) is 2.62. The van der Waals surface area contributed by atoms with Crippen molar-refractivity contribution in [2.45, 2.75) is 25.8 Å². The number of hydrogen-bond acceptors (Lipinski definition) is 4. The van der Waals surface area contributed by atoms with E-state index in [2.05, 4.69) is 0 Å². The summed E-state index contributed by atoms with van der Waals surface area (Å²) in [7, 11) is 0. The fraction of sp³-hybridized carbons (Fsp3) is 0.400. The summed E-state index contributed by atoms with van der Waals surface area (Å²) in [6.07, 6.45) is 0.975. The van der Waals surface area contributed by atoms with Crippen LogP contribution < -0.4 is 20.7 Å². The van der Waals surface area contributed by atoms with Crippen LogP contribution in [0.15, 0.2) is 24.3 Å². The molecule has 0 aliphatic carbocycles. The van der Waals surface area contributed by atoms with Crippen LogP contribution in [0.5, 0.6) is 5.75 Å². The van der Waals surface area contributed by atoms with E-state index in [9.17, 15) is 14.4 Å². The van der Waals surface area contributed by atoms with Crippen LogP contribution in [0.1, 0.15) is 19.8 Å². The first-order chi connectivity index (χ1) is 10.5. The zero-order valence-corrected chi connectivity index (χ0v) is 12.5. The van der Waals surface area contributed by atoms with E-state index in [1.807, 2.05) is 6.92 Å². The lowest BCUT2D eigenvalue weighted by Gasteiger charge is -2.14. The normalized spacial score (nSPS) is 17.9. The van der Waals surface area contributed by atoms with Gasteiger partial charge in [-0.1, -0.05) is 6.92 Å². The molecule has 0 spiro atoms. The highest BCUT2D eigenvalue weighted by molar-refractivity contribution is 6.21. The minimum atomic E-state index is -0.587. The van der Waals surface area contributed by atoms with Crippen molar-refractivity contribution < 1.29 is 24.4 Å². The summed E-state index contributed by atoms with van der Waals surface area (Å²) in [4.78, 5) is 36.2. The van der Waals surface area contributed by atoms with Crippen molar-refractivity contribution in [1.82, 2.24) is 0 Å². The van der Waals surface area contributed by atoms with Gasteiger partial charge in [0, 0.05) is 0 Å². The van der Waals surface area contributed by atoms with Crippen molar-refractivity contribution >= 4 is 23.4 Å². The number of quaternary nitrogens is 1. The Labute approximate surface area is 128 Å². The van der Waals surface area contributed by atoms with E-state index in [-0.39, 0.29) is 24.8 Å². The summed E-state index contributed by atoms with van der Waals surface area (Å²) in [5.74, 6) is -0.427. The summed E-state index contributed by atoms with van der Waals surface area (Å²) < 4.78 is 5.47. The first-order valence-corrected chi connectivity index (χ1v) is 7.24. The van der Waals surface area contributed by atoms with Gasteiger partial charge in [0.15, 0.2) is 12.6 Å². The fourth-order valence-corrected chi connectivity index (χ4v) is 2.28. The second kappa shape index (κ2) is 7.04. The van der Waals surface area contributed by atoms with Crippen molar-refractivity contribution in [2.75, 3.05) is 18.1 Å². The number of imide groups is 1. The third kappa shape index (κ3) is 3.62. The molecule has 2 rings (SSSR count). The molecule has 1 aromatic rings. The van der Waals surface area contributed by atoms with Gasteiger partial charge in [-0.05, 0) is 30.7 Å². The van der Waals surface area contributed by atoms with Crippen molar-refractivity contribution in [3.8, 4) is 5.75 Å². The molecule has 118 valence electrons. The number of nitrogens with zero attached hydrogens (tertiary/aromatic N) is 1. The minimum absolute atomic E-state index is 0.0126. The lowest BCUT2D eigenvalue weighted by Crippen LogP contribution is -2.93. The molecular formula is C15H20N3O4+. The van der Waals surface area contributed by atoms with Gasteiger partial charge in [0.1, 0.15) is 5.75 Å². The molecule has 1 aliphatic rings. The van der Waals surface area contributed by atoms with Gasteiger partial charge in [-0.15, -0.1) is 0 Å². The summed E-state index contributed by atoms with van der Waals surface area (Å²) >= 11 is 0. The molecule has 0 bridgehead atoms. The van der Waals surface area contributed by atoms with Crippen LogP contribution in [-0.4, -0.2) is 36.9 Å². The average Bonchev–Trinajstić information content (AvgIpc) is 2.78. The van der Waals surface area contributed by atoms with Gasteiger partial charge in [-0.25, -0.2) is 4.90 Å². The van der Waals surface area contributed by atoms with Gasteiger partial charge in [0.05, 0.1) is 18.7 Å². The van der Waals surface area contributed by atoms with E-state index in [4.69, 9.17) is 10.5 Å². The van der Waals surface area contributed by atoms with Crippen LogP contribution in [0, 0.1) is 0 Å². The summed E-state index contributed by atoms with van der Waals surface area (Å²) in [5, 5.41) is 1.50. The number of hydrogen-bond donors (Lipinski definition) is 2. The largest absolute Gasteiger partial charge is 0.494 e. The highest BCUT2D eigenvalue weighted by Gasteiger charge is 2.42. The van der Waals surface area contributed by atoms with Crippen LogP contribution in [0.25, 0.3) is 0 Å². The van der Waals surface area contributed by atoms with Gasteiger partial charge in [-0.3, -0.25) is 14.4 Å². The third-order valence-corrected chi connectivity index (χ3v) is 3.35. The van der Waals surface area contributed by atoms with Gasteiger partial charge in [-0.2, -0.15) is 0 Å². The number of nitrogens with two attached hydrogens (primary N) is 2. The molecule has 0 radical (unpaired) electrons. The predicted molar refractivity (Wildman–Crippen MR) is 79.1 cm³/mol. The lowest BCUT2D eigenvalue weighted by atomic mass is 10.2. The highest BCUT2D eigenvalue weighted by atomic mass is 16.5. The molecule has 0 aromatic heterocycles. The zero-order chi connectivity index (χ0) is 16.1. The molecule has 7 heteroatoms. The first-order valence-electron chi connectivity index (χ1n) is 7.24. The third-order valence-electron chi connectivity index (χ3n) is 3.35. The molecule has 1 atom stereocenters. The second-order valence-electron chi connectivity index (χ2n) is 5.13. The molecule has 4 N–H and O–H groups in total. The molecular weight excluding hydrogens is 286 g/mol. The van der Waals surface area contributed by atoms with Crippen LogP contribution in [0.4, 0.5) is 5.69 Å². The van der Waals surface area contributed by atoms with E-state index in [1.54, 1.807) is 24.3 Å². The van der Waals surface area contributed by atoms with Gasteiger partial charge in [0.25, 0.3) is 11.8 Å². The Morgan fingerprint density at radius 3 is 2.64 bits per heavy atom. The average molecular weight is 306 g/mol. The van der Waals surface area contributed by atoms with Crippen molar-refractivity contribution in [3.63, 3.8) is 0 Å². The van der Waals surface area contributed by atoms with Crippen molar-refractivity contribution in [2.24, 2.45) is 5.73 Å². The SMILES string of the molecule is CCCOc1ccc(N2C(=O)C[C@@H]([NH2+]CC(N)=O)C2=O)cc1. The van der Waals surface area contributed by atoms with Crippen LogP contribution in [-0.2, 0) is 14.4 Å². The number of benzene rings is 1. The molecule has 7 nitrogen and oxygen atoms in total. The van der Waals surface area contributed by atoms with Crippen LogP contribution in [0.2, 0.25) is 0 Å². The number of carbonyl (C=O) groups excluding carboxylic acids is 3. The van der Waals surface area contributed by atoms with Crippen molar-refractivity contribution in [3.05, 3.63) is 24.3 Å². The summed E-state index contributed by atoms with van der Waals surface area (Å²) in [6, 6.07) is 6.23. The van der Waals surface area contributed by atoms with Crippen LogP contribution >= 0.6 is 0 Å². The zero-order valence-electron chi connectivity index (χ0n) is 12.5. The van der Waals surface area contributed by atoms with Crippen molar-refractivity contribution in [1.29, 1.82) is 0 Å². The Balaban J connectivity index is 2.06. The number of amides is 3. The van der Waals surface area contributed by atoms with Crippen LogP contribution in [0.3, 0.4) is 0 Å². The molecule has 22 heavy (non-hydrogen) atoms. The second-order valence-corrected chi connectivity index (χ2v) is 5.13. The first kappa shape index (κ1) is 16.0. The van der Waals surface area contributed by atoms with E-state index < -0.39 is 11.9 Å². The Bertz CT molecular complexity index is 571. The summed E-state index contributed by atoms with van der Waals surface area (Å²) in [5.41, 5.74) is 5.57. The minimum Gasteiger partial charge on any atom is -0.494 e. The maximum absolute atomic E-state index is 12.3. The standard InChI is InChI=1S/C15H19N3O4/c1-2-7-22-11-5-3-10(4-6-11)18-14(20)8-12(15(18)21)17-9-13(16)19/h3-6,12,17H,2,7-9H2,1H3,(H2,16,19)/p+1/t12-/m1/s1. The molecule has 1 aliphatic heterocycles. The van der Waals surface area contributed by atoms with E-state index in [0.29, 0.717) is 18.0 Å². The number of ether oxygens (including phenoxy) is 1. The topological polar surface area (TPSA) is 106 Å². The smallest absolute Gasteiger partial charge is 0.292 e. The maximum Gasteiger partial charge on any atom is 0.292 e. The number of primary amides is 1. The van der Waals surface area contributed by atoms with E-state index >= 15 is 0 Å². The van der Waals surface area contributed by atoms with Gasteiger partial charge in [0.2, 0.25) is 5.91 Å². The quantitative estimate of drug-likeness (QED) is 0.640. The van der Waals surface area contributed by atoms with E-state index in [1.165, 1.54) is 5.32 Å². The Morgan fingerprint density at radius 2 is 2.05 bits per heavy atom. The maximum atomic E-state index is 12.3. The molecule has 0 unspecified atom stereocenters. The molecule has 1 aromatic carbocycles. The van der Waals surface area contributed by atoms with E-state index in [0.717, 1.165) is 11.3 Å². The molecule has 1 saturated heterocycles. The predicted octanol–water partition coefficient (Wildman–Crippen LogP) is -0.844. The number of anilines is 1. The van der Waals surface area contributed by atoms with Gasteiger partial charge < -0.3 is 15.8 Å². The molecule has 3 amide bonds. The Kier molecular flexibility index (Phi) is 5.11. The molecule has 1 fully saturated rings. The van der Waals surface area contributed by atoms with Gasteiger partial charge >= 0.3 is 0 Å². The number of rotatable bonds is 7. The molecule has 0 saturated carbocycles. The lowest BCUT2D eigenvalue weighted by molar-refractivity contribution is -0.663. The Hall–Kier alpha value is -2.41.